The summed E-state index contributed by atoms with van der Waals surface area (Å²) in [5.74, 6) is -1.51. The van der Waals surface area contributed by atoms with Crippen molar-refractivity contribution in [3.8, 4) is 0 Å². The standard InChI is InChI=1S/C12H22N2O5/c1-3-13(6-9(2)11(16)17)12(18)14-4-5-19-10(7-14)8-15/h9-10,15H,3-8H2,1-2H3,(H,16,17). The number of carboxylic acid groups (broad SMARTS) is 1. The van der Waals surface area contributed by atoms with Gasteiger partial charge in [0, 0.05) is 19.6 Å². The first-order valence-electron chi connectivity index (χ1n) is 6.48. The van der Waals surface area contributed by atoms with E-state index in [9.17, 15) is 9.59 Å². The van der Waals surface area contributed by atoms with Crippen LogP contribution in [-0.2, 0) is 9.53 Å². The number of hydrogen-bond donors (Lipinski definition) is 2. The Labute approximate surface area is 112 Å². The molecule has 2 N–H and O–H groups in total. The van der Waals surface area contributed by atoms with Gasteiger partial charge in [0.05, 0.1) is 31.8 Å². The molecule has 0 spiro atoms. The number of aliphatic hydroxyl groups excluding tert-OH is 1. The highest BCUT2D eigenvalue weighted by molar-refractivity contribution is 5.76. The lowest BCUT2D eigenvalue weighted by Gasteiger charge is -2.36. The van der Waals surface area contributed by atoms with Crippen molar-refractivity contribution in [2.24, 2.45) is 5.92 Å². The molecule has 2 unspecified atom stereocenters. The fourth-order valence-corrected chi connectivity index (χ4v) is 1.95. The lowest BCUT2D eigenvalue weighted by molar-refractivity contribution is -0.141. The van der Waals surface area contributed by atoms with Gasteiger partial charge in [-0.1, -0.05) is 6.92 Å². The quantitative estimate of drug-likeness (QED) is 0.727. The van der Waals surface area contributed by atoms with Crippen LogP contribution in [0.1, 0.15) is 13.8 Å². The molecule has 19 heavy (non-hydrogen) atoms. The van der Waals surface area contributed by atoms with Crippen molar-refractivity contribution in [2.75, 3.05) is 39.4 Å². The first kappa shape index (κ1) is 15.7. The molecule has 0 aromatic heterocycles. The molecule has 1 aliphatic rings. The number of morpholine rings is 1. The van der Waals surface area contributed by atoms with Crippen molar-refractivity contribution < 1.29 is 24.5 Å². The van der Waals surface area contributed by atoms with Crippen LogP contribution in [0.25, 0.3) is 0 Å². The summed E-state index contributed by atoms with van der Waals surface area (Å²) in [7, 11) is 0. The van der Waals surface area contributed by atoms with E-state index < -0.39 is 11.9 Å². The van der Waals surface area contributed by atoms with Crippen LogP contribution in [0, 0.1) is 5.92 Å². The second kappa shape index (κ2) is 7.30. The molecule has 1 heterocycles. The van der Waals surface area contributed by atoms with Crippen LogP contribution in [-0.4, -0.2) is 77.5 Å². The topological polar surface area (TPSA) is 90.3 Å². The average Bonchev–Trinajstić information content (AvgIpc) is 2.43. The van der Waals surface area contributed by atoms with Gasteiger partial charge in [-0.15, -0.1) is 0 Å². The molecular formula is C12H22N2O5. The van der Waals surface area contributed by atoms with Crippen LogP contribution in [0.2, 0.25) is 0 Å². The van der Waals surface area contributed by atoms with E-state index in [4.69, 9.17) is 14.9 Å². The van der Waals surface area contributed by atoms with Crippen molar-refractivity contribution in [3.63, 3.8) is 0 Å². The summed E-state index contributed by atoms with van der Waals surface area (Å²) < 4.78 is 5.28. The van der Waals surface area contributed by atoms with Crippen molar-refractivity contribution in [1.29, 1.82) is 0 Å². The summed E-state index contributed by atoms with van der Waals surface area (Å²) >= 11 is 0. The summed E-state index contributed by atoms with van der Waals surface area (Å²) in [6.45, 7) is 5.11. The normalized spacial score (nSPS) is 21.0. The molecule has 1 saturated heterocycles. The fourth-order valence-electron chi connectivity index (χ4n) is 1.95. The Kier molecular flexibility index (Phi) is 6.04. The molecule has 0 aromatic carbocycles. The highest BCUT2D eigenvalue weighted by Crippen LogP contribution is 2.10. The Morgan fingerprint density at radius 1 is 1.53 bits per heavy atom. The molecule has 0 bridgehead atoms. The monoisotopic (exact) mass is 274 g/mol. The van der Waals surface area contributed by atoms with E-state index in [1.165, 1.54) is 4.90 Å². The van der Waals surface area contributed by atoms with E-state index in [0.717, 1.165) is 0 Å². The number of carbonyl (C=O) groups excluding carboxylic acids is 1. The van der Waals surface area contributed by atoms with E-state index in [0.29, 0.717) is 26.2 Å². The van der Waals surface area contributed by atoms with Gasteiger partial charge in [0.2, 0.25) is 0 Å². The highest BCUT2D eigenvalue weighted by atomic mass is 16.5. The first-order chi connectivity index (χ1) is 8.99. The van der Waals surface area contributed by atoms with Crippen LogP contribution in [0.15, 0.2) is 0 Å². The zero-order valence-electron chi connectivity index (χ0n) is 11.4. The Morgan fingerprint density at radius 3 is 2.74 bits per heavy atom. The lowest BCUT2D eigenvalue weighted by Crippen LogP contribution is -2.52. The minimum atomic E-state index is -0.915. The molecule has 0 aromatic rings. The van der Waals surface area contributed by atoms with Crippen molar-refractivity contribution in [2.45, 2.75) is 20.0 Å². The summed E-state index contributed by atoms with van der Waals surface area (Å²) in [6, 6.07) is -0.197. The molecule has 2 amide bonds. The first-order valence-corrected chi connectivity index (χ1v) is 6.48. The Bertz CT molecular complexity index is 323. The van der Waals surface area contributed by atoms with E-state index in [2.05, 4.69) is 0 Å². The van der Waals surface area contributed by atoms with Crippen molar-refractivity contribution in [3.05, 3.63) is 0 Å². The maximum absolute atomic E-state index is 12.3. The summed E-state index contributed by atoms with van der Waals surface area (Å²) in [6.07, 6.45) is -0.353. The number of urea groups is 1. The minimum Gasteiger partial charge on any atom is -0.481 e. The summed E-state index contributed by atoms with van der Waals surface area (Å²) in [5.41, 5.74) is 0. The zero-order valence-corrected chi connectivity index (χ0v) is 11.4. The number of rotatable bonds is 5. The Hall–Kier alpha value is -1.34. The maximum Gasteiger partial charge on any atom is 0.320 e. The number of carbonyl (C=O) groups is 2. The van der Waals surface area contributed by atoms with Gasteiger partial charge in [-0.25, -0.2) is 4.79 Å². The number of aliphatic hydroxyl groups is 1. The third-order valence-electron chi connectivity index (χ3n) is 3.18. The van der Waals surface area contributed by atoms with Gasteiger partial charge < -0.3 is 24.7 Å². The predicted octanol–water partition coefficient (Wildman–Crippen LogP) is -0.158. The summed E-state index contributed by atoms with van der Waals surface area (Å²) in [5, 5.41) is 17.9. The lowest BCUT2D eigenvalue weighted by atomic mass is 10.2. The van der Waals surface area contributed by atoms with Crippen LogP contribution < -0.4 is 0 Å². The molecule has 0 radical (unpaired) electrons. The summed E-state index contributed by atoms with van der Waals surface area (Å²) in [4.78, 5) is 26.2. The van der Waals surface area contributed by atoms with E-state index in [1.54, 1.807) is 11.8 Å². The second-order valence-electron chi connectivity index (χ2n) is 4.68. The van der Waals surface area contributed by atoms with Gasteiger partial charge in [-0.3, -0.25) is 4.79 Å². The third kappa shape index (κ3) is 4.36. The van der Waals surface area contributed by atoms with Crippen LogP contribution in [0.4, 0.5) is 4.79 Å². The second-order valence-corrected chi connectivity index (χ2v) is 4.68. The van der Waals surface area contributed by atoms with Gasteiger partial charge in [-0.05, 0) is 6.92 Å². The van der Waals surface area contributed by atoms with Crippen LogP contribution >= 0.6 is 0 Å². The van der Waals surface area contributed by atoms with Crippen LogP contribution in [0.5, 0.6) is 0 Å². The number of hydrogen-bond acceptors (Lipinski definition) is 4. The number of carboxylic acids is 1. The van der Waals surface area contributed by atoms with Gasteiger partial charge >= 0.3 is 12.0 Å². The highest BCUT2D eigenvalue weighted by Gasteiger charge is 2.28. The fraction of sp³-hybridized carbons (Fsp3) is 0.833. The van der Waals surface area contributed by atoms with Crippen LogP contribution in [0.3, 0.4) is 0 Å². The van der Waals surface area contributed by atoms with E-state index in [1.807, 2.05) is 6.92 Å². The smallest absolute Gasteiger partial charge is 0.320 e. The maximum atomic E-state index is 12.3. The molecule has 0 saturated carbocycles. The minimum absolute atomic E-state index is 0.124. The SMILES string of the molecule is CCN(CC(C)C(=O)O)C(=O)N1CCOC(CO)C1. The molecule has 7 nitrogen and oxygen atoms in total. The molecule has 0 aliphatic carbocycles. The Morgan fingerprint density at radius 2 is 2.21 bits per heavy atom. The molecule has 1 aliphatic heterocycles. The number of ether oxygens (including phenoxy) is 1. The Balaban J connectivity index is 2.59. The largest absolute Gasteiger partial charge is 0.481 e. The molecule has 1 rings (SSSR count). The molecule has 110 valence electrons. The number of amides is 2. The van der Waals surface area contributed by atoms with Gasteiger partial charge in [0.1, 0.15) is 0 Å². The molecule has 1 fully saturated rings. The average molecular weight is 274 g/mol. The van der Waals surface area contributed by atoms with Crippen molar-refractivity contribution >= 4 is 12.0 Å². The molecular weight excluding hydrogens is 252 g/mol. The van der Waals surface area contributed by atoms with Gasteiger partial charge in [0.15, 0.2) is 0 Å². The molecule has 7 heteroatoms. The molecule has 2 atom stereocenters. The predicted molar refractivity (Wildman–Crippen MR) is 67.8 cm³/mol. The number of nitrogens with zero attached hydrogens (tertiary/aromatic N) is 2. The van der Waals surface area contributed by atoms with Crippen molar-refractivity contribution in [1.82, 2.24) is 9.80 Å². The zero-order chi connectivity index (χ0) is 14.4. The number of aliphatic carboxylic acids is 1. The van der Waals surface area contributed by atoms with E-state index in [-0.39, 0.29) is 25.3 Å². The van der Waals surface area contributed by atoms with Gasteiger partial charge in [0.25, 0.3) is 0 Å². The van der Waals surface area contributed by atoms with E-state index >= 15 is 0 Å². The van der Waals surface area contributed by atoms with Gasteiger partial charge in [-0.2, -0.15) is 0 Å². The third-order valence-corrected chi connectivity index (χ3v) is 3.18.